The lowest BCUT2D eigenvalue weighted by Crippen LogP contribution is -2.13. The topological polar surface area (TPSA) is 0 Å². The highest BCUT2D eigenvalue weighted by atomic mass is 14.3. The van der Waals surface area contributed by atoms with E-state index in [1.807, 2.05) is 0 Å². The van der Waals surface area contributed by atoms with Crippen molar-refractivity contribution in [3.8, 4) is 0 Å². The van der Waals surface area contributed by atoms with Crippen LogP contribution in [0.15, 0.2) is 43.0 Å². The molecule has 0 radical (unpaired) electrons. The van der Waals surface area contributed by atoms with E-state index in [4.69, 9.17) is 0 Å². The number of allylic oxidation sites excluding steroid dienone is 2. The third kappa shape index (κ3) is 6.64. The van der Waals surface area contributed by atoms with E-state index in [1.165, 1.54) is 89.0 Å². The van der Waals surface area contributed by atoms with Gasteiger partial charge in [-0.15, -0.1) is 6.58 Å². The Bertz CT molecular complexity index is 577. The monoisotopic (exact) mass is 378 g/mol. The molecule has 1 aromatic rings. The number of benzene rings is 1. The number of rotatable bonds is 9. The molecule has 1 aromatic carbocycles. The Morgan fingerprint density at radius 3 is 2.14 bits per heavy atom. The normalized spacial score (nSPS) is 28.5. The molecule has 2 aliphatic carbocycles. The van der Waals surface area contributed by atoms with Crippen LogP contribution in [0.25, 0.3) is 6.08 Å². The van der Waals surface area contributed by atoms with Gasteiger partial charge in [-0.05, 0) is 86.2 Å². The maximum atomic E-state index is 3.97. The van der Waals surface area contributed by atoms with Gasteiger partial charge in [0, 0.05) is 0 Å². The zero-order chi connectivity index (χ0) is 19.6. The summed E-state index contributed by atoms with van der Waals surface area (Å²) in [4.78, 5) is 0. The highest BCUT2D eigenvalue weighted by Gasteiger charge is 2.21. The van der Waals surface area contributed by atoms with Crippen molar-refractivity contribution in [3.63, 3.8) is 0 Å². The molecular formula is C28H42. The summed E-state index contributed by atoms with van der Waals surface area (Å²) in [6.07, 6.45) is 25.2. The molecule has 0 bridgehead atoms. The Labute approximate surface area is 174 Å². The summed E-state index contributed by atoms with van der Waals surface area (Å²) in [7, 11) is 0. The van der Waals surface area contributed by atoms with Gasteiger partial charge in [0.25, 0.3) is 0 Å². The summed E-state index contributed by atoms with van der Waals surface area (Å²) >= 11 is 0. The van der Waals surface area contributed by atoms with Crippen molar-refractivity contribution in [2.45, 2.75) is 96.3 Å². The van der Waals surface area contributed by atoms with Gasteiger partial charge >= 0.3 is 0 Å². The molecule has 0 spiro atoms. The van der Waals surface area contributed by atoms with Crippen LogP contribution in [0, 0.1) is 17.8 Å². The molecule has 28 heavy (non-hydrogen) atoms. The Morgan fingerprint density at radius 2 is 1.50 bits per heavy atom. The van der Waals surface area contributed by atoms with Gasteiger partial charge < -0.3 is 0 Å². The van der Waals surface area contributed by atoms with Gasteiger partial charge in [0.05, 0.1) is 0 Å². The van der Waals surface area contributed by atoms with E-state index in [9.17, 15) is 0 Å². The largest absolute Gasteiger partial charge is 0.103 e. The second kappa shape index (κ2) is 11.6. The van der Waals surface area contributed by atoms with Gasteiger partial charge in [0.15, 0.2) is 0 Å². The SMILES string of the molecule is C=CC1CCC(c2ccc(C=CC3CCC(CCCCCC)CC3)cc2)CC1. The van der Waals surface area contributed by atoms with Crippen LogP contribution in [-0.2, 0) is 0 Å². The summed E-state index contributed by atoms with van der Waals surface area (Å²) in [5.74, 6) is 3.34. The maximum absolute atomic E-state index is 3.97. The van der Waals surface area contributed by atoms with Crippen molar-refractivity contribution in [2.75, 3.05) is 0 Å². The fraction of sp³-hybridized carbons (Fsp3) is 0.643. The summed E-state index contributed by atoms with van der Waals surface area (Å²) in [5, 5.41) is 0. The molecule has 0 unspecified atom stereocenters. The first-order valence-corrected chi connectivity index (χ1v) is 12.2. The molecule has 0 amide bonds. The standard InChI is InChI=1S/C28H42/c1-3-5-6-7-8-24-9-11-25(12-10-24)13-14-26-17-21-28(22-18-26)27-19-15-23(4-2)16-20-27/h4,13-14,17-18,21-25,27H,2-3,5-12,15-16,19-20H2,1H3. The third-order valence-electron chi connectivity index (χ3n) is 7.43. The molecule has 3 rings (SSSR count). The molecule has 2 fully saturated rings. The molecule has 0 heteroatoms. The van der Waals surface area contributed by atoms with E-state index in [-0.39, 0.29) is 0 Å². The second-order valence-electron chi connectivity index (χ2n) is 9.50. The first kappa shape index (κ1) is 21.4. The molecule has 0 aromatic heterocycles. The van der Waals surface area contributed by atoms with E-state index >= 15 is 0 Å². The minimum absolute atomic E-state index is 0.755. The Balaban J connectivity index is 1.40. The molecule has 0 nitrogen and oxygen atoms in total. The lowest BCUT2D eigenvalue weighted by Gasteiger charge is -2.27. The molecular weight excluding hydrogens is 336 g/mol. The van der Waals surface area contributed by atoms with Crippen LogP contribution < -0.4 is 0 Å². The summed E-state index contributed by atoms with van der Waals surface area (Å²) < 4.78 is 0. The predicted octanol–water partition coefficient (Wildman–Crippen LogP) is 8.94. The minimum Gasteiger partial charge on any atom is -0.103 e. The maximum Gasteiger partial charge on any atom is -0.0162 e. The average molecular weight is 379 g/mol. The van der Waals surface area contributed by atoms with Gasteiger partial charge in [0.1, 0.15) is 0 Å². The van der Waals surface area contributed by atoms with Crippen molar-refractivity contribution in [3.05, 3.63) is 54.1 Å². The van der Waals surface area contributed by atoms with Crippen LogP contribution in [0.3, 0.4) is 0 Å². The van der Waals surface area contributed by atoms with Crippen LogP contribution in [0.1, 0.15) is 107 Å². The van der Waals surface area contributed by atoms with E-state index < -0.39 is 0 Å². The Morgan fingerprint density at radius 1 is 0.821 bits per heavy atom. The summed E-state index contributed by atoms with van der Waals surface area (Å²) in [6, 6.07) is 9.44. The Kier molecular flexibility index (Phi) is 8.90. The molecule has 154 valence electrons. The first-order chi connectivity index (χ1) is 13.8. The third-order valence-corrected chi connectivity index (χ3v) is 7.43. The van der Waals surface area contributed by atoms with Gasteiger partial charge in [0.2, 0.25) is 0 Å². The van der Waals surface area contributed by atoms with Gasteiger partial charge in [-0.25, -0.2) is 0 Å². The van der Waals surface area contributed by atoms with Crippen molar-refractivity contribution < 1.29 is 0 Å². The van der Waals surface area contributed by atoms with E-state index in [1.54, 1.807) is 5.56 Å². The van der Waals surface area contributed by atoms with Gasteiger partial charge in [-0.1, -0.05) is 81.5 Å². The molecule has 0 heterocycles. The molecule has 0 aliphatic heterocycles. The zero-order valence-corrected chi connectivity index (χ0v) is 18.3. The van der Waals surface area contributed by atoms with Gasteiger partial charge in [-0.2, -0.15) is 0 Å². The summed E-state index contributed by atoms with van der Waals surface area (Å²) in [6.45, 7) is 6.27. The quantitative estimate of drug-likeness (QED) is 0.297. The summed E-state index contributed by atoms with van der Waals surface area (Å²) in [5.41, 5.74) is 2.92. The molecule has 0 saturated heterocycles. The lowest BCUT2D eigenvalue weighted by atomic mass is 9.78. The van der Waals surface area contributed by atoms with Crippen molar-refractivity contribution in [2.24, 2.45) is 17.8 Å². The molecule has 2 aliphatic rings. The highest BCUT2D eigenvalue weighted by Crippen LogP contribution is 2.36. The fourth-order valence-corrected chi connectivity index (χ4v) is 5.34. The number of unbranched alkanes of at least 4 members (excludes halogenated alkanes) is 3. The van der Waals surface area contributed by atoms with Gasteiger partial charge in [-0.3, -0.25) is 0 Å². The zero-order valence-electron chi connectivity index (χ0n) is 18.3. The average Bonchev–Trinajstić information content (AvgIpc) is 2.76. The van der Waals surface area contributed by atoms with E-state index in [0.29, 0.717) is 0 Å². The van der Waals surface area contributed by atoms with Crippen molar-refractivity contribution in [1.29, 1.82) is 0 Å². The first-order valence-electron chi connectivity index (χ1n) is 12.2. The fourth-order valence-electron chi connectivity index (χ4n) is 5.34. The van der Waals surface area contributed by atoms with Crippen molar-refractivity contribution in [1.82, 2.24) is 0 Å². The van der Waals surface area contributed by atoms with Crippen LogP contribution >= 0.6 is 0 Å². The molecule has 0 N–H and O–H groups in total. The number of hydrogen-bond acceptors (Lipinski definition) is 0. The lowest BCUT2D eigenvalue weighted by molar-refractivity contribution is 0.289. The van der Waals surface area contributed by atoms with Crippen LogP contribution in [0.4, 0.5) is 0 Å². The molecule has 0 atom stereocenters. The predicted molar refractivity (Wildman–Crippen MR) is 125 cm³/mol. The van der Waals surface area contributed by atoms with Crippen LogP contribution in [0.2, 0.25) is 0 Å². The smallest absolute Gasteiger partial charge is 0.0162 e. The highest BCUT2D eigenvalue weighted by molar-refractivity contribution is 5.50. The van der Waals surface area contributed by atoms with E-state index in [0.717, 1.165) is 23.7 Å². The number of hydrogen-bond donors (Lipinski definition) is 0. The second-order valence-corrected chi connectivity index (χ2v) is 9.50. The van der Waals surface area contributed by atoms with E-state index in [2.05, 4.69) is 56.0 Å². The molecule has 2 saturated carbocycles. The Hall–Kier alpha value is -1.30. The minimum atomic E-state index is 0.755. The van der Waals surface area contributed by atoms with Crippen LogP contribution in [-0.4, -0.2) is 0 Å². The van der Waals surface area contributed by atoms with Crippen molar-refractivity contribution >= 4 is 6.08 Å². The van der Waals surface area contributed by atoms with Crippen LogP contribution in [0.5, 0.6) is 0 Å².